The summed E-state index contributed by atoms with van der Waals surface area (Å²) in [7, 11) is 4.07. The van der Waals surface area contributed by atoms with Crippen LogP contribution in [0.5, 0.6) is 0 Å². The van der Waals surface area contributed by atoms with E-state index in [2.05, 4.69) is 33.0 Å². The Balaban J connectivity index is 0.00000181. The van der Waals surface area contributed by atoms with E-state index in [1.54, 1.807) is 0 Å². The van der Waals surface area contributed by atoms with Crippen molar-refractivity contribution < 1.29 is 9.90 Å². The van der Waals surface area contributed by atoms with Gasteiger partial charge in [-0.1, -0.05) is 37.5 Å². The van der Waals surface area contributed by atoms with Gasteiger partial charge in [-0.05, 0) is 31.4 Å². The Morgan fingerprint density at radius 2 is 1.84 bits per heavy atom. The lowest BCUT2D eigenvalue weighted by atomic mass is 9.93. The highest BCUT2D eigenvalue weighted by molar-refractivity contribution is 5.91. The maximum absolute atomic E-state index is 11.4. The summed E-state index contributed by atoms with van der Waals surface area (Å²) in [5.41, 5.74) is 3.21. The Morgan fingerprint density at radius 3 is 2.53 bits per heavy atom. The Hall–Kier alpha value is -2.44. The molecule has 0 saturated heterocycles. The molecule has 32 heavy (non-hydrogen) atoms. The highest BCUT2D eigenvalue weighted by Crippen LogP contribution is 2.39. The molecule has 6 nitrogen and oxygen atoms in total. The number of hydrogen-bond donors (Lipinski definition) is 2. The average molecular weight is 479 g/mol. The van der Waals surface area contributed by atoms with E-state index in [1.165, 1.54) is 19.3 Å². The van der Waals surface area contributed by atoms with E-state index >= 15 is 0 Å². The van der Waals surface area contributed by atoms with E-state index < -0.39 is 5.97 Å². The maximum atomic E-state index is 11.4. The molecule has 1 fully saturated rings. The third-order valence-corrected chi connectivity index (χ3v) is 6.05. The number of nitrogens with zero attached hydrogens (tertiary/aromatic N) is 3. The van der Waals surface area contributed by atoms with E-state index in [9.17, 15) is 9.90 Å². The first-order valence-corrected chi connectivity index (χ1v) is 10.8. The average Bonchev–Trinajstić information content (AvgIpc) is 3.11. The molecular formula is C24H32Cl2N4O2. The second kappa shape index (κ2) is 11.4. The molecule has 0 spiro atoms. The molecule has 8 heteroatoms. The number of halogens is 2. The molecule has 2 aromatic heterocycles. The summed E-state index contributed by atoms with van der Waals surface area (Å²) >= 11 is 0. The summed E-state index contributed by atoms with van der Waals surface area (Å²) in [5, 5.41) is 10.4. The lowest BCUT2D eigenvalue weighted by Crippen LogP contribution is -2.34. The number of aryl methyl sites for hydroxylation is 1. The fraction of sp³-hybridized carbons (Fsp3) is 0.417. The van der Waals surface area contributed by atoms with Gasteiger partial charge in [0.25, 0.3) is 0 Å². The molecule has 0 aliphatic heterocycles. The minimum absolute atomic E-state index is 0. The molecule has 1 aliphatic rings. The number of pyridine rings is 1. The SMILES string of the molecule is CN(C)c1ccnc(N(c2[nH]c3ccccc3c2CCC(=O)O)C2CCCCC2)c1.Cl.Cl. The Labute approximate surface area is 201 Å². The standard InChI is InChI=1S/C24H30N4O2.2ClH/c1-27(2)18-14-15-25-22(16-18)28(17-8-4-3-5-9-17)24-20(12-13-23(29)30)19-10-6-7-11-21(19)26-24;;/h6-7,10-11,14-17,26H,3-5,8-9,12-13H2,1-2H3,(H,29,30);2*1H. The summed E-state index contributed by atoms with van der Waals surface area (Å²) in [5.74, 6) is 1.13. The number of carboxylic acid groups (broad SMARTS) is 1. The smallest absolute Gasteiger partial charge is 0.303 e. The zero-order valence-electron chi connectivity index (χ0n) is 18.6. The molecule has 1 saturated carbocycles. The van der Waals surface area contributed by atoms with Crippen LogP contribution in [-0.2, 0) is 11.2 Å². The van der Waals surface area contributed by atoms with Crippen LogP contribution in [-0.4, -0.2) is 41.2 Å². The van der Waals surface area contributed by atoms with Gasteiger partial charge in [0.15, 0.2) is 0 Å². The quantitative estimate of drug-likeness (QED) is 0.438. The molecule has 2 N–H and O–H groups in total. The topological polar surface area (TPSA) is 72.5 Å². The fourth-order valence-electron chi connectivity index (χ4n) is 4.52. The maximum Gasteiger partial charge on any atom is 0.303 e. The van der Waals surface area contributed by atoms with Crippen LogP contribution in [0.15, 0.2) is 42.6 Å². The van der Waals surface area contributed by atoms with Crippen molar-refractivity contribution in [1.82, 2.24) is 9.97 Å². The summed E-state index contributed by atoms with van der Waals surface area (Å²) in [6.45, 7) is 0. The summed E-state index contributed by atoms with van der Waals surface area (Å²) in [6, 6.07) is 12.7. The number of rotatable bonds is 7. The molecule has 3 aromatic rings. The molecule has 0 radical (unpaired) electrons. The first-order chi connectivity index (χ1) is 14.5. The molecule has 0 bridgehead atoms. The number of aromatic amines is 1. The second-order valence-corrected chi connectivity index (χ2v) is 8.32. The minimum Gasteiger partial charge on any atom is -0.481 e. The van der Waals surface area contributed by atoms with Crippen molar-refractivity contribution in [2.75, 3.05) is 23.9 Å². The van der Waals surface area contributed by atoms with Crippen LogP contribution < -0.4 is 9.80 Å². The van der Waals surface area contributed by atoms with Gasteiger partial charge in [0.05, 0.1) is 0 Å². The van der Waals surface area contributed by atoms with Crippen molar-refractivity contribution in [2.45, 2.75) is 51.0 Å². The van der Waals surface area contributed by atoms with Crippen LogP contribution >= 0.6 is 24.8 Å². The van der Waals surface area contributed by atoms with E-state index in [-0.39, 0.29) is 31.2 Å². The van der Waals surface area contributed by atoms with Gasteiger partial charge in [0, 0.05) is 61.0 Å². The number of para-hydroxylation sites is 1. The van der Waals surface area contributed by atoms with E-state index in [0.29, 0.717) is 12.5 Å². The first kappa shape index (κ1) is 25.8. The number of aliphatic carboxylic acids is 1. The largest absolute Gasteiger partial charge is 0.481 e. The van der Waals surface area contributed by atoms with Gasteiger partial charge in [-0.15, -0.1) is 24.8 Å². The lowest BCUT2D eigenvalue weighted by molar-refractivity contribution is -0.136. The third-order valence-electron chi connectivity index (χ3n) is 6.05. The van der Waals surface area contributed by atoms with E-state index in [0.717, 1.165) is 46.6 Å². The van der Waals surface area contributed by atoms with E-state index in [1.807, 2.05) is 38.5 Å². The first-order valence-electron chi connectivity index (χ1n) is 10.8. The van der Waals surface area contributed by atoms with Crippen LogP contribution in [0.2, 0.25) is 0 Å². The van der Waals surface area contributed by atoms with Gasteiger partial charge in [0.2, 0.25) is 0 Å². The Bertz CT molecular complexity index is 1030. The van der Waals surface area contributed by atoms with Crippen molar-refractivity contribution in [3.8, 4) is 0 Å². The second-order valence-electron chi connectivity index (χ2n) is 8.32. The highest BCUT2D eigenvalue weighted by atomic mass is 35.5. The number of benzene rings is 1. The number of nitrogens with one attached hydrogen (secondary N) is 1. The van der Waals surface area contributed by atoms with Crippen LogP contribution in [0.3, 0.4) is 0 Å². The van der Waals surface area contributed by atoms with Gasteiger partial charge in [-0.3, -0.25) is 4.79 Å². The van der Waals surface area contributed by atoms with Gasteiger partial charge in [-0.2, -0.15) is 0 Å². The zero-order valence-corrected chi connectivity index (χ0v) is 20.2. The number of aromatic nitrogens is 2. The molecule has 1 aromatic carbocycles. The molecule has 0 atom stereocenters. The van der Waals surface area contributed by atoms with E-state index in [4.69, 9.17) is 4.98 Å². The van der Waals surface area contributed by atoms with Crippen molar-refractivity contribution in [2.24, 2.45) is 0 Å². The molecule has 2 heterocycles. The van der Waals surface area contributed by atoms with Crippen LogP contribution in [0.4, 0.5) is 17.3 Å². The zero-order chi connectivity index (χ0) is 21.1. The molecule has 4 rings (SSSR count). The third kappa shape index (κ3) is 5.48. The van der Waals surface area contributed by atoms with Crippen molar-refractivity contribution in [3.63, 3.8) is 0 Å². The normalized spacial score (nSPS) is 13.8. The number of H-pyrrole nitrogens is 1. The van der Waals surface area contributed by atoms with Crippen molar-refractivity contribution >= 4 is 59.0 Å². The molecule has 1 aliphatic carbocycles. The molecular weight excluding hydrogens is 447 g/mol. The fourth-order valence-corrected chi connectivity index (χ4v) is 4.52. The number of hydrogen-bond acceptors (Lipinski definition) is 4. The van der Waals surface area contributed by atoms with Gasteiger partial charge >= 0.3 is 5.97 Å². The van der Waals surface area contributed by atoms with Crippen LogP contribution in [0.25, 0.3) is 10.9 Å². The molecule has 0 amide bonds. The summed E-state index contributed by atoms with van der Waals surface area (Å²) < 4.78 is 0. The van der Waals surface area contributed by atoms with Crippen LogP contribution in [0, 0.1) is 0 Å². The lowest BCUT2D eigenvalue weighted by Gasteiger charge is -2.35. The van der Waals surface area contributed by atoms with Crippen molar-refractivity contribution in [1.29, 1.82) is 0 Å². The van der Waals surface area contributed by atoms with Gasteiger partial charge in [0.1, 0.15) is 11.6 Å². The number of fused-ring (bicyclic) bond motifs is 1. The minimum atomic E-state index is -0.775. The number of carbonyl (C=O) groups is 1. The van der Waals surface area contributed by atoms with Gasteiger partial charge < -0.3 is 19.9 Å². The molecule has 0 unspecified atom stereocenters. The van der Waals surface area contributed by atoms with Crippen LogP contribution in [0.1, 0.15) is 44.1 Å². The summed E-state index contributed by atoms with van der Waals surface area (Å²) in [6.07, 6.45) is 8.37. The molecule has 174 valence electrons. The predicted octanol–water partition coefficient (Wildman–Crippen LogP) is 5.96. The Kier molecular flexibility index (Phi) is 9.22. The van der Waals surface area contributed by atoms with Crippen molar-refractivity contribution in [3.05, 3.63) is 48.2 Å². The number of anilines is 3. The number of carboxylic acids is 1. The monoisotopic (exact) mass is 478 g/mol. The van der Waals surface area contributed by atoms with Gasteiger partial charge in [-0.25, -0.2) is 4.98 Å². The predicted molar refractivity (Wildman–Crippen MR) is 136 cm³/mol. The Morgan fingerprint density at radius 1 is 1.12 bits per heavy atom. The summed E-state index contributed by atoms with van der Waals surface area (Å²) in [4.78, 5) is 24.1. The highest BCUT2D eigenvalue weighted by Gasteiger charge is 2.28.